The Morgan fingerprint density at radius 3 is 2.43 bits per heavy atom. The van der Waals surface area contributed by atoms with Gasteiger partial charge in [0, 0.05) is 30.4 Å². The number of hydrogen-bond acceptors (Lipinski definition) is 3. The van der Waals surface area contributed by atoms with Gasteiger partial charge >= 0.3 is 0 Å². The third kappa shape index (κ3) is 2.97. The highest BCUT2D eigenvalue weighted by atomic mass is 16.2. The van der Waals surface area contributed by atoms with Gasteiger partial charge in [0.05, 0.1) is 6.54 Å². The molecule has 1 aromatic rings. The normalized spacial score (nSPS) is 28.6. The van der Waals surface area contributed by atoms with Crippen molar-refractivity contribution >= 4 is 11.6 Å². The second-order valence-corrected chi connectivity index (χ2v) is 6.26. The molecule has 2 unspecified atom stereocenters. The number of benzene rings is 1. The molecule has 0 spiro atoms. The number of likely N-dealkylation sites (N-methyl/N-ethyl adjacent to an activating group) is 1. The fourth-order valence-electron chi connectivity index (χ4n) is 3.93. The lowest BCUT2D eigenvalue weighted by molar-refractivity contribution is -0.120. The lowest BCUT2D eigenvalue weighted by Crippen LogP contribution is -2.51. The van der Waals surface area contributed by atoms with Crippen LogP contribution in [0.15, 0.2) is 30.3 Å². The Kier molecular flexibility index (Phi) is 4.27. The Morgan fingerprint density at radius 2 is 1.86 bits per heavy atom. The maximum atomic E-state index is 12.7. The summed E-state index contributed by atoms with van der Waals surface area (Å²) < 4.78 is 0. The van der Waals surface area contributed by atoms with Crippen LogP contribution in [0.1, 0.15) is 32.6 Å². The van der Waals surface area contributed by atoms with Crippen molar-refractivity contribution < 1.29 is 4.79 Å². The molecule has 1 aromatic carbocycles. The zero-order valence-electron chi connectivity index (χ0n) is 12.7. The Bertz CT molecular complexity index is 476. The molecule has 114 valence electrons. The highest BCUT2D eigenvalue weighted by Crippen LogP contribution is 2.34. The van der Waals surface area contributed by atoms with Crippen LogP contribution in [0, 0.1) is 0 Å². The third-order valence-electron chi connectivity index (χ3n) is 4.92. The molecule has 4 heteroatoms. The van der Waals surface area contributed by atoms with E-state index >= 15 is 0 Å². The van der Waals surface area contributed by atoms with E-state index < -0.39 is 0 Å². The standard InChI is InChI=1S/C17H25N3O/c1-2-19(14-6-4-3-5-7-14)17(21)12-20-15-8-9-16(20)11-13(18)10-15/h3-7,13,15-16H,2,8-12,18H2,1H3. The Hall–Kier alpha value is -1.39. The highest BCUT2D eigenvalue weighted by Gasteiger charge is 2.40. The number of fused-ring (bicyclic) bond motifs is 2. The van der Waals surface area contributed by atoms with Crippen LogP contribution in [-0.4, -0.2) is 42.0 Å². The van der Waals surface area contributed by atoms with Gasteiger partial charge < -0.3 is 10.6 Å². The lowest BCUT2D eigenvalue weighted by Gasteiger charge is -2.38. The van der Waals surface area contributed by atoms with Gasteiger partial charge in [0.15, 0.2) is 0 Å². The van der Waals surface area contributed by atoms with Gasteiger partial charge in [-0.25, -0.2) is 0 Å². The molecule has 0 saturated carbocycles. The monoisotopic (exact) mass is 287 g/mol. The number of piperidine rings is 1. The first-order valence-electron chi connectivity index (χ1n) is 8.05. The van der Waals surface area contributed by atoms with Crippen LogP contribution >= 0.6 is 0 Å². The van der Waals surface area contributed by atoms with Crippen molar-refractivity contribution in [3.63, 3.8) is 0 Å². The van der Waals surface area contributed by atoms with Gasteiger partial charge in [-0.05, 0) is 44.7 Å². The van der Waals surface area contributed by atoms with E-state index in [0.717, 1.165) is 18.5 Å². The highest BCUT2D eigenvalue weighted by molar-refractivity contribution is 5.94. The van der Waals surface area contributed by atoms with Crippen LogP contribution in [-0.2, 0) is 4.79 Å². The molecule has 2 bridgehead atoms. The molecular weight excluding hydrogens is 262 g/mol. The summed E-state index contributed by atoms with van der Waals surface area (Å²) in [6.45, 7) is 3.28. The number of anilines is 1. The average molecular weight is 287 g/mol. The largest absolute Gasteiger partial charge is 0.328 e. The molecule has 2 N–H and O–H groups in total. The number of rotatable bonds is 4. The van der Waals surface area contributed by atoms with Crippen LogP contribution in [0.5, 0.6) is 0 Å². The van der Waals surface area contributed by atoms with E-state index in [1.165, 1.54) is 12.8 Å². The number of para-hydroxylation sites is 1. The minimum Gasteiger partial charge on any atom is -0.328 e. The van der Waals surface area contributed by atoms with Crippen molar-refractivity contribution in [2.75, 3.05) is 18.0 Å². The molecule has 2 heterocycles. The topological polar surface area (TPSA) is 49.6 Å². The van der Waals surface area contributed by atoms with Gasteiger partial charge in [0.2, 0.25) is 5.91 Å². The summed E-state index contributed by atoms with van der Waals surface area (Å²) in [5.41, 5.74) is 7.10. The summed E-state index contributed by atoms with van der Waals surface area (Å²) in [5.74, 6) is 0.205. The minimum atomic E-state index is 0.205. The first kappa shape index (κ1) is 14.5. The van der Waals surface area contributed by atoms with E-state index in [0.29, 0.717) is 31.2 Å². The quantitative estimate of drug-likeness (QED) is 0.921. The molecule has 2 aliphatic heterocycles. The van der Waals surface area contributed by atoms with E-state index in [2.05, 4.69) is 4.90 Å². The molecule has 2 aliphatic rings. The predicted molar refractivity (Wildman–Crippen MR) is 85.2 cm³/mol. The summed E-state index contributed by atoms with van der Waals surface area (Å²) in [6.07, 6.45) is 4.48. The number of hydrogen-bond donors (Lipinski definition) is 1. The summed E-state index contributed by atoms with van der Waals surface area (Å²) in [6, 6.07) is 11.3. The van der Waals surface area contributed by atoms with Crippen LogP contribution in [0.3, 0.4) is 0 Å². The fraction of sp³-hybridized carbons (Fsp3) is 0.588. The maximum absolute atomic E-state index is 12.7. The van der Waals surface area contributed by atoms with E-state index in [1.54, 1.807) is 0 Å². The number of carbonyl (C=O) groups excluding carboxylic acids is 1. The molecule has 1 amide bonds. The zero-order chi connectivity index (χ0) is 14.8. The molecular formula is C17H25N3O. The predicted octanol–water partition coefficient (Wildman–Crippen LogP) is 1.99. The Balaban J connectivity index is 1.68. The molecule has 3 rings (SSSR count). The van der Waals surface area contributed by atoms with Crippen molar-refractivity contribution in [3.05, 3.63) is 30.3 Å². The fourth-order valence-corrected chi connectivity index (χ4v) is 3.93. The van der Waals surface area contributed by atoms with E-state index in [4.69, 9.17) is 5.73 Å². The van der Waals surface area contributed by atoms with Crippen molar-refractivity contribution in [2.24, 2.45) is 5.73 Å². The maximum Gasteiger partial charge on any atom is 0.241 e. The van der Waals surface area contributed by atoms with Gasteiger partial charge in [-0.1, -0.05) is 18.2 Å². The van der Waals surface area contributed by atoms with Gasteiger partial charge in [-0.2, -0.15) is 0 Å². The molecule has 0 radical (unpaired) electrons. The van der Waals surface area contributed by atoms with Crippen molar-refractivity contribution in [1.29, 1.82) is 0 Å². The van der Waals surface area contributed by atoms with Crippen LogP contribution in [0.4, 0.5) is 5.69 Å². The Morgan fingerprint density at radius 1 is 1.24 bits per heavy atom. The van der Waals surface area contributed by atoms with E-state index in [-0.39, 0.29) is 5.91 Å². The summed E-state index contributed by atoms with van der Waals surface area (Å²) in [7, 11) is 0. The second-order valence-electron chi connectivity index (χ2n) is 6.26. The van der Waals surface area contributed by atoms with Gasteiger partial charge in [0.25, 0.3) is 0 Å². The smallest absolute Gasteiger partial charge is 0.241 e. The Labute approximate surface area is 126 Å². The molecule has 2 saturated heterocycles. The van der Waals surface area contributed by atoms with E-state index in [9.17, 15) is 4.79 Å². The number of amides is 1. The molecule has 0 aromatic heterocycles. The van der Waals surface area contributed by atoms with E-state index in [1.807, 2.05) is 42.2 Å². The van der Waals surface area contributed by atoms with Crippen LogP contribution < -0.4 is 10.6 Å². The number of nitrogens with two attached hydrogens (primary N) is 1. The first-order valence-corrected chi connectivity index (χ1v) is 8.05. The van der Waals surface area contributed by atoms with Gasteiger partial charge in [-0.3, -0.25) is 9.69 Å². The second kappa shape index (κ2) is 6.16. The average Bonchev–Trinajstić information content (AvgIpc) is 2.72. The van der Waals surface area contributed by atoms with Crippen molar-refractivity contribution in [1.82, 2.24) is 4.90 Å². The molecule has 21 heavy (non-hydrogen) atoms. The molecule has 0 aliphatic carbocycles. The summed E-state index contributed by atoms with van der Waals surface area (Å²) in [4.78, 5) is 17.0. The molecule has 2 atom stereocenters. The minimum absolute atomic E-state index is 0.205. The molecule has 4 nitrogen and oxygen atoms in total. The van der Waals surface area contributed by atoms with Crippen molar-refractivity contribution in [2.45, 2.75) is 50.7 Å². The first-order chi connectivity index (χ1) is 10.2. The third-order valence-corrected chi connectivity index (χ3v) is 4.92. The summed E-state index contributed by atoms with van der Waals surface area (Å²) in [5, 5.41) is 0. The summed E-state index contributed by atoms with van der Waals surface area (Å²) >= 11 is 0. The van der Waals surface area contributed by atoms with Gasteiger partial charge in [0.1, 0.15) is 0 Å². The number of nitrogens with zero attached hydrogens (tertiary/aromatic N) is 2. The van der Waals surface area contributed by atoms with Crippen LogP contribution in [0.2, 0.25) is 0 Å². The lowest BCUT2D eigenvalue weighted by atomic mass is 9.98. The zero-order valence-corrected chi connectivity index (χ0v) is 12.7. The SMILES string of the molecule is CCN(C(=O)CN1C2CCC1CC(N)C2)c1ccccc1. The number of carbonyl (C=O) groups is 1. The van der Waals surface area contributed by atoms with Crippen LogP contribution in [0.25, 0.3) is 0 Å². The van der Waals surface area contributed by atoms with Gasteiger partial charge in [-0.15, -0.1) is 0 Å². The van der Waals surface area contributed by atoms with Crippen molar-refractivity contribution in [3.8, 4) is 0 Å². The molecule has 2 fully saturated rings.